The quantitative estimate of drug-likeness (QED) is 0.772. The van der Waals surface area contributed by atoms with E-state index in [1.807, 2.05) is 19.2 Å². The van der Waals surface area contributed by atoms with Gasteiger partial charge in [0.1, 0.15) is 0 Å². The van der Waals surface area contributed by atoms with Crippen LogP contribution in [-0.2, 0) is 6.54 Å². The number of urea groups is 1. The van der Waals surface area contributed by atoms with Crippen molar-refractivity contribution in [2.24, 2.45) is 0 Å². The van der Waals surface area contributed by atoms with E-state index in [1.165, 1.54) is 5.56 Å². The summed E-state index contributed by atoms with van der Waals surface area (Å²) in [5.41, 5.74) is 2.31. The number of hydrogen-bond acceptors (Lipinski definition) is 2. The zero-order valence-electron chi connectivity index (χ0n) is 11.7. The maximum atomic E-state index is 12.5. The number of piperidine rings is 1. The van der Waals surface area contributed by atoms with Crippen molar-refractivity contribution in [3.8, 4) is 0 Å². The van der Waals surface area contributed by atoms with Gasteiger partial charge < -0.3 is 9.80 Å². The lowest BCUT2D eigenvalue weighted by Gasteiger charge is -2.42. The van der Waals surface area contributed by atoms with Crippen molar-refractivity contribution in [1.29, 1.82) is 0 Å². The van der Waals surface area contributed by atoms with Crippen LogP contribution in [-0.4, -0.2) is 49.1 Å². The Hall–Kier alpha value is -1.55. The first-order valence-electron chi connectivity index (χ1n) is 6.97. The number of anilines is 1. The third-order valence-electron chi connectivity index (χ3n) is 4.36. The number of amides is 2. The van der Waals surface area contributed by atoms with Crippen LogP contribution in [0, 0.1) is 0 Å². The van der Waals surface area contributed by atoms with Gasteiger partial charge in [0, 0.05) is 19.6 Å². The van der Waals surface area contributed by atoms with E-state index >= 15 is 0 Å². The highest BCUT2D eigenvalue weighted by atomic mass is 16.2. The van der Waals surface area contributed by atoms with Gasteiger partial charge >= 0.3 is 6.03 Å². The Bertz CT molecular complexity index is 480. The standard InChI is InChI=1S/C15H21N3O/c1-16-9-7-13(8-10-16)18-11-12-5-3-4-6-14(12)17(2)15(18)19/h3-6,13H,7-11H2,1-2H3. The van der Waals surface area contributed by atoms with Crippen LogP contribution in [0.3, 0.4) is 0 Å². The molecule has 2 aliphatic rings. The molecule has 0 bridgehead atoms. The normalized spacial score (nSPS) is 21.7. The van der Waals surface area contributed by atoms with Gasteiger partial charge in [-0.3, -0.25) is 4.90 Å². The molecule has 2 heterocycles. The lowest BCUT2D eigenvalue weighted by Crippen LogP contribution is -2.52. The van der Waals surface area contributed by atoms with Crippen molar-refractivity contribution in [3.63, 3.8) is 0 Å². The molecule has 1 aromatic carbocycles. The third-order valence-corrected chi connectivity index (χ3v) is 4.36. The molecule has 3 rings (SSSR count). The van der Waals surface area contributed by atoms with Gasteiger partial charge in [-0.25, -0.2) is 4.79 Å². The van der Waals surface area contributed by atoms with E-state index in [0.29, 0.717) is 6.04 Å². The van der Waals surface area contributed by atoms with Crippen LogP contribution in [0.1, 0.15) is 18.4 Å². The van der Waals surface area contributed by atoms with Gasteiger partial charge in [-0.2, -0.15) is 0 Å². The number of hydrogen-bond donors (Lipinski definition) is 0. The van der Waals surface area contributed by atoms with Gasteiger partial charge in [-0.1, -0.05) is 18.2 Å². The fraction of sp³-hybridized carbons (Fsp3) is 0.533. The fourth-order valence-electron chi connectivity index (χ4n) is 3.11. The molecule has 0 aromatic heterocycles. The summed E-state index contributed by atoms with van der Waals surface area (Å²) in [5.74, 6) is 0. The number of carbonyl (C=O) groups is 1. The molecular weight excluding hydrogens is 238 g/mol. The van der Waals surface area contributed by atoms with Crippen LogP contribution in [0.4, 0.5) is 10.5 Å². The van der Waals surface area contributed by atoms with Crippen molar-refractivity contribution in [1.82, 2.24) is 9.80 Å². The number of benzene rings is 1. The third kappa shape index (κ3) is 2.21. The fourth-order valence-corrected chi connectivity index (χ4v) is 3.11. The molecule has 0 spiro atoms. The van der Waals surface area contributed by atoms with Crippen LogP contribution in [0.5, 0.6) is 0 Å². The van der Waals surface area contributed by atoms with Crippen LogP contribution in [0.15, 0.2) is 24.3 Å². The first-order chi connectivity index (χ1) is 9.16. The summed E-state index contributed by atoms with van der Waals surface area (Å²) in [5, 5.41) is 0. The average Bonchev–Trinajstić information content (AvgIpc) is 2.44. The maximum absolute atomic E-state index is 12.5. The number of likely N-dealkylation sites (tertiary alicyclic amines) is 1. The summed E-state index contributed by atoms with van der Waals surface area (Å²) in [6.45, 7) is 2.92. The molecule has 0 saturated carbocycles. The Labute approximate surface area is 114 Å². The minimum absolute atomic E-state index is 0.147. The van der Waals surface area contributed by atoms with Gasteiger partial charge in [0.2, 0.25) is 0 Å². The molecule has 0 N–H and O–H groups in total. The molecule has 102 valence electrons. The topological polar surface area (TPSA) is 26.8 Å². The zero-order valence-corrected chi connectivity index (χ0v) is 11.7. The van der Waals surface area contributed by atoms with Gasteiger partial charge in [-0.05, 0) is 44.6 Å². The van der Waals surface area contributed by atoms with Crippen molar-refractivity contribution in [3.05, 3.63) is 29.8 Å². The van der Waals surface area contributed by atoms with Crippen LogP contribution in [0.2, 0.25) is 0 Å². The van der Waals surface area contributed by atoms with Crippen molar-refractivity contribution >= 4 is 11.7 Å². The van der Waals surface area contributed by atoms with Gasteiger partial charge in [0.25, 0.3) is 0 Å². The van der Waals surface area contributed by atoms with Crippen molar-refractivity contribution in [2.75, 3.05) is 32.1 Å². The van der Waals surface area contributed by atoms with Crippen LogP contribution >= 0.6 is 0 Å². The Morgan fingerprint density at radius 1 is 1.11 bits per heavy atom. The van der Waals surface area contributed by atoms with E-state index in [1.54, 1.807) is 4.90 Å². The largest absolute Gasteiger partial charge is 0.324 e. The highest BCUT2D eigenvalue weighted by Crippen LogP contribution is 2.30. The van der Waals surface area contributed by atoms with Crippen LogP contribution in [0.25, 0.3) is 0 Å². The minimum atomic E-state index is 0.147. The minimum Gasteiger partial charge on any atom is -0.317 e. The lowest BCUT2D eigenvalue weighted by molar-refractivity contribution is 0.129. The second kappa shape index (κ2) is 4.85. The second-order valence-electron chi connectivity index (χ2n) is 5.63. The second-order valence-corrected chi connectivity index (χ2v) is 5.63. The molecule has 0 unspecified atom stereocenters. The Balaban J connectivity index is 1.83. The smallest absolute Gasteiger partial charge is 0.317 e. The number of rotatable bonds is 1. The number of carbonyl (C=O) groups excluding carboxylic acids is 1. The molecule has 1 aromatic rings. The maximum Gasteiger partial charge on any atom is 0.324 e. The van der Waals surface area contributed by atoms with E-state index in [4.69, 9.17) is 0 Å². The predicted molar refractivity (Wildman–Crippen MR) is 76.3 cm³/mol. The van der Waals surface area contributed by atoms with Crippen molar-refractivity contribution in [2.45, 2.75) is 25.4 Å². The SMILES string of the molecule is CN1CCC(N2Cc3ccccc3N(C)C2=O)CC1. The Kier molecular flexibility index (Phi) is 3.19. The zero-order chi connectivity index (χ0) is 13.4. The average molecular weight is 259 g/mol. The number of para-hydroxylation sites is 1. The summed E-state index contributed by atoms with van der Waals surface area (Å²) < 4.78 is 0. The molecular formula is C15H21N3O. The van der Waals surface area contributed by atoms with E-state index in [0.717, 1.165) is 38.2 Å². The Morgan fingerprint density at radius 3 is 2.53 bits per heavy atom. The molecule has 4 nitrogen and oxygen atoms in total. The van der Waals surface area contributed by atoms with Gasteiger partial charge in [-0.15, -0.1) is 0 Å². The van der Waals surface area contributed by atoms with Gasteiger partial charge in [0.05, 0.1) is 5.69 Å². The first-order valence-corrected chi connectivity index (χ1v) is 6.97. The monoisotopic (exact) mass is 259 g/mol. The summed E-state index contributed by atoms with van der Waals surface area (Å²) in [7, 11) is 4.03. The van der Waals surface area contributed by atoms with Crippen molar-refractivity contribution < 1.29 is 4.79 Å². The number of nitrogens with zero attached hydrogens (tertiary/aromatic N) is 3. The molecule has 2 amide bonds. The van der Waals surface area contributed by atoms with Gasteiger partial charge in [0.15, 0.2) is 0 Å². The molecule has 0 radical (unpaired) electrons. The van der Waals surface area contributed by atoms with E-state index < -0.39 is 0 Å². The summed E-state index contributed by atoms with van der Waals surface area (Å²) in [6, 6.07) is 8.73. The van der Waals surface area contributed by atoms with E-state index in [-0.39, 0.29) is 6.03 Å². The summed E-state index contributed by atoms with van der Waals surface area (Å²) in [6.07, 6.45) is 2.16. The molecule has 2 aliphatic heterocycles. The predicted octanol–water partition coefficient (Wildman–Crippen LogP) is 2.15. The molecule has 19 heavy (non-hydrogen) atoms. The van der Waals surface area contributed by atoms with E-state index in [2.05, 4.69) is 29.0 Å². The molecule has 1 fully saturated rings. The number of fused-ring (bicyclic) bond motifs is 1. The molecule has 1 saturated heterocycles. The summed E-state index contributed by atoms with van der Waals surface area (Å²) in [4.78, 5) is 18.7. The highest BCUT2D eigenvalue weighted by Gasteiger charge is 2.33. The lowest BCUT2D eigenvalue weighted by atomic mass is 10.0. The van der Waals surface area contributed by atoms with Crippen LogP contribution < -0.4 is 4.90 Å². The summed E-state index contributed by atoms with van der Waals surface area (Å²) >= 11 is 0. The molecule has 0 atom stereocenters. The molecule has 4 heteroatoms. The molecule has 0 aliphatic carbocycles. The Morgan fingerprint density at radius 2 is 1.79 bits per heavy atom. The first kappa shape index (κ1) is 12.5. The highest BCUT2D eigenvalue weighted by molar-refractivity contribution is 5.94. The van der Waals surface area contributed by atoms with E-state index in [9.17, 15) is 4.79 Å².